The van der Waals surface area contributed by atoms with Gasteiger partial charge < -0.3 is 15.0 Å². The molecule has 0 radical (unpaired) electrons. The SMILES string of the molecule is CC[C@@H](C)NC(=O)[C@@H](CC)N(Cc1ccc(F)cc1)C(=O)CN(c1cc(C)ccc1OC)S(=O)(=O)c1ccc(C)cc1. The predicted octanol–water partition coefficient (Wildman–Crippen LogP) is 5.37. The molecule has 0 aliphatic rings. The van der Waals surface area contributed by atoms with Gasteiger partial charge in [-0.25, -0.2) is 12.8 Å². The van der Waals surface area contributed by atoms with Gasteiger partial charge in [-0.15, -0.1) is 0 Å². The number of hydrogen-bond donors (Lipinski definition) is 1. The van der Waals surface area contributed by atoms with Crippen molar-refractivity contribution in [1.82, 2.24) is 10.2 Å². The zero-order chi connectivity index (χ0) is 31.0. The van der Waals surface area contributed by atoms with Crippen LogP contribution in [0.3, 0.4) is 0 Å². The van der Waals surface area contributed by atoms with Gasteiger partial charge in [0, 0.05) is 12.6 Å². The van der Waals surface area contributed by atoms with Gasteiger partial charge in [0.1, 0.15) is 24.2 Å². The molecule has 3 aromatic carbocycles. The normalized spacial score (nSPS) is 12.7. The summed E-state index contributed by atoms with van der Waals surface area (Å²) < 4.78 is 48.4. The third kappa shape index (κ3) is 7.88. The lowest BCUT2D eigenvalue weighted by Gasteiger charge is -2.34. The van der Waals surface area contributed by atoms with E-state index < -0.39 is 34.3 Å². The molecule has 0 heterocycles. The largest absolute Gasteiger partial charge is 0.495 e. The molecule has 3 rings (SSSR count). The fourth-order valence-electron chi connectivity index (χ4n) is 4.49. The highest BCUT2D eigenvalue weighted by molar-refractivity contribution is 7.92. The first-order chi connectivity index (χ1) is 19.9. The van der Waals surface area contributed by atoms with Gasteiger partial charge in [-0.05, 0) is 81.1 Å². The minimum atomic E-state index is -4.25. The van der Waals surface area contributed by atoms with Crippen molar-refractivity contribution < 1.29 is 27.1 Å². The minimum absolute atomic E-state index is 0.0103. The molecule has 0 aliphatic carbocycles. The van der Waals surface area contributed by atoms with E-state index in [1.165, 1.54) is 36.3 Å². The second kappa shape index (κ2) is 14.3. The van der Waals surface area contributed by atoms with Crippen LogP contribution in [-0.2, 0) is 26.2 Å². The molecule has 3 aromatic rings. The van der Waals surface area contributed by atoms with Crippen LogP contribution in [0.15, 0.2) is 71.6 Å². The molecule has 10 heteroatoms. The first-order valence-electron chi connectivity index (χ1n) is 14.0. The highest BCUT2D eigenvalue weighted by Gasteiger charge is 2.35. The first-order valence-corrected chi connectivity index (χ1v) is 15.4. The van der Waals surface area contributed by atoms with Crippen LogP contribution in [0.1, 0.15) is 50.3 Å². The Morgan fingerprint density at radius 1 is 0.929 bits per heavy atom. The molecule has 226 valence electrons. The Labute approximate surface area is 248 Å². The molecule has 2 amide bonds. The van der Waals surface area contributed by atoms with E-state index in [1.54, 1.807) is 49.4 Å². The van der Waals surface area contributed by atoms with E-state index in [2.05, 4.69) is 5.32 Å². The summed E-state index contributed by atoms with van der Waals surface area (Å²) in [5.74, 6) is -1.09. The molecule has 0 bridgehead atoms. The molecular formula is C32H40FN3O5S. The number of nitrogens with zero attached hydrogens (tertiary/aromatic N) is 2. The number of hydrogen-bond acceptors (Lipinski definition) is 5. The van der Waals surface area contributed by atoms with Crippen molar-refractivity contribution in [1.29, 1.82) is 0 Å². The summed E-state index contributed by atoms with van der Waals surface area (Å²) >= 11 is 0. The van der Waals surface area contributed by atoms with Crippen LogP contribution in [0.25, 0.3) is 0 Å². The number of anilines is 1. The number of rotatable bonds is 13. The third-order valence-electron chi connectivity index (χ3n) is 7.14. The summed E-state index contributed by atoms with van der Waals surface area (Å²) in [6.07, 6.45) is 0.984. The Morgan fingerprint density at radius 3 is 2.12 bits per heavy atom. The van der Waals surface area contributed by atoms with Gasteiger partial charge in [-0.2, -0.15) is 0 Å². The first kappa shape index (κ1) is 32.6. The van der Waals surface area contributed by atoms with Gasteiger partial charge >= 0.3 is 0 Å². The molecule has 0 saturated heterocycles. The fraction of sp³-hybridized carbons (Fsp3) is 0.375. The van der Waals surface area contributed by atoms with Crippen LogP contribution >= 0.6 is 0 Å². The molecule has 8 nitrogen and oxygen atoms in total. The lowest BCUT2D eigenvalue weighted by Crippen LogP contribution is -2.53. The molecule has 0 saturated carbocycles. The highest BCUT2D eigenvalue weighted by Crippen LogP contribution is 2.34. The number of carbonyl (C=O) groups excluding carboxylic acids is 2. The van der Waals surface area contributed by atoms with Crippen LogP contribution in [0.2, 0.25) is 0 Å². The lowest BCUT2D eigenvalue weighted by molar-refractivity contribution is -0.140. The maximum absolute atomic E-state index is 14.2. The van der Waals surface area contributed by atoms with E-state index in [9.17, 15) is 22.4 Å². The zero-order valence-corrected chi connectivity index (χ0v) is 25.9. The maximum atomic E-state index is 14.2. The number of aryl methyl sites for hydroxylation is 2. The van der Waals surface area contributed by atoms with E-state index in [4.69, 9.17) is 4.74 Å². The van der Waals surface area contributed by atoms with Crippen molar-refractivity contribution in [3.63, 3.8) is 0 Å². The summed E-state index contributed by atoms with van der Waals surface area (Å²) in [6, 6.07) is 16.1. The van der Waals surface area contributed by atoms with Crippen molar-refractivity contribution in [2.45, 2.75) is 71.0 Å². The summed E-state index contributed by atoms with van der Waals surface area (Å²) in [6.45, 7) is 8.65. The number of ether oxygens (including phenoxy) is 1. The van der Waals surface area contributed by atoms with Crippen LogP contribution in [0.5, 0.6) is 5.75 Å². The average molecular weight is 598 g/mol. The van der Waals surface area contributed by atoms with Crippen LogP contribution in [-0.4, -0.2) is 50.9 Å². The lowest BCUT2D eigenvalue weighted by atomic mass is 10.1. The van der Waals surface area contributed by atoms with Gasteiger partial charge in [0.15, 0.2) is 0 Å². The Kier molecular flexibility index (Phi) is 11.1. The van der Waals surface area contributed by atoms with Gasteiger partial charge in [0.2, 0.25) is 11.8 Å². The monoisotopic (exact) mass is 597 g/mol. The summed E-state index contributed by atoms with van der Waals surface area (Å²) in [5.41, 5.74) is 2.45. The Balaban J connectivity index is 2.12. The van der Waals surface area contributed by atoms with E-state index in [0.717, 1.165) is 15.4 Å². The number of halogens is 1. The second-order valence-electron chi connectivity index (χ2n) is 10.4. The van der Waals surface area contributed by atoms with Crippen molar-refractivity contribution in [3.8, 4) is 5.75 Å². The van der Waals surface area contributed by atoms with Crippen LogP contribution in [0, 0.1) is 19.7 Å². The van der Waals surface area contributed by atoms with Crippen molar-refractivity contribution in [3.05, 3.63) is 89.2 Å². The van der Waals surface area contributed by atoms with Crippen molar-refractivity contribution >= 4 is 27.5 Å². The number of sulfonamides is 1. The molecule has 0 aromatic heterocycles. The Morgan fingerprint density at radius 2 is 1.55 bits per heavy atom. The number of methoxy groups -OCH3 is 1. The molecule has 1 N–H and O–H groups in total. The molecule has 0 unspecified atom stereocenters. The van der Waals surface area contributed by atoms with Crippen LogP contribution < -0.4 is 14.4 Å². The van der Waals surface area contributed by atoms with E-state index in [1.807, 2.05) is 27.7 Å². The molecule has 0 fully saturated rings. The number of amides is 2. The third-order valence-corrected chi connectivity index (χ3v) is 8.92. The number of carbonyl (C=O) groups is 2. The van der Waals surface area contributed by atoms with Crippen LogP contribution in [0.4, 0.5) is 10.1 Å². The molecule has 0 aliphatic heterocycles. The zero-order valence-electron chi connectivity index (χ0n) is 25.1. The fourth-order valence-corrected chi connectivity index (χ4v) is 5.91. The van der Waals surface area contributed by atoms with Gasteiger partial charge in [-0.1, -0.05) is 49.7 Å². The minimum Gasteiger partial charge on any atom is -0.495 e. The van der Waals surface area contributed by atoms with Crippen molar-refractivity contribution in [2.75, 3.05) is 18.0 Å². The van der Waals surface area contributed by atoms with E-state index >= 15 is 0 Å². The number of nitrogens with one attached hydrogen (secondary N) is 1. The van der Waals surface area contributed by atoms with Gasteiger partial charge in [-0.3, -0.25) is 13.9 Å². The smallest absolute Gasteiger partial charge is 0.264 e. The maximum Gasteiger partial charge on any atom is 0.264 e. The Bertz CT molecular complexity index is 1480. The quantitative estimate of drug-likeness (QED) is 0.286. The Hall–Kier alpha value is -3.92. The molecule has 0 spiro atoms. The van der Waals surface area contributed by atoms with Crippen molar-refractivity contribution in [2.24, 2.45) is 0 Å². The van der Waals surface area contributed by atoms with Gasteiger partial charge in [0.05, 0.1) is 17.7 Å². The second-order valence-corrected chi connectivity index (χ2v) is 12.3. The molecule has 42 heavy (non-hydrogen) atoms. The summed E-state index contributed by atoms with van der Waals surface area (Å²) in [5, 5.41) is 2.94. The summed E-state index contributed by atoms with van der Waals surface area (Å²) in [4.78, 5) is 28.9. The van der Waals surface area contributed by atoms with Gasteiger partial charge in [0.25, 0.3) is 10.0 Å². The standard InChI is InChI=1S/C32H40FN3O5S/c1-7-24(5)34-32(38)28(8-2)35(20-25-12-14-26(33)15-13-25)31(37)21-36(29-19-23(4)11-18-30(29)41-6)42(39,40)27-16-9-22(3)10-17-27/h9-19,24,28H,7-8,20-21H2,1-6H3,(H,34,38)/t24-,28-/m1/s1. The highest BCUT2D eigenvalue weighted by atomic mass is 32.2. The number of benzene rings is 3. The predicted molar refractivity (Wildman–Crippen MR) is 162 cm³/mol. The average Bonchev–Trinajstić information content (AvgIpc) is 2.96. The summed E-state index contributed by atoms with van der Waals surface area (Å²) in [7, 11) is -2.82. The van der Waals surface area contributed by atoms with E-state index in [-0.39, 0.29) is 41.2 Å². The molecule has 2 atom stereocenters. The topological polar surface area (TPSA) is 96.0 Å². The molecular weight excluding hydrogens is 557 g/mol. The van der Waals surface area contributed by atoms with E-state index in [0.29, 0.717) is 12.0 Å².